The van der Waals surface area contributed by atoms with Crippen molar-refractivity contribution in [3.05, 3.63) is 34.4 Å². The molecule has 6 heteroatoms. The lowest BCUT2D eigenvalue weighted by Crippen LogP contribution is -2.52. The fraction of sp³-hybridized carbons (Fsp3) is 0.588. The van der Waals surface area contributed by atoms with Gasteiger partial charge in [-0.25, -0.2) is 0 Å². The highest BCUT2D eigenvalue weighted by atomic mass is 16.6. The summed E-state index contributed by atoms with van der Waals surface area (Å²) in [5, 5.41) is 13.6. The molecule has 0 aromatic heterocycles. The number of hydrogen-bond acceptors (Lipinski definition) is 4. The molecule has 1 N–H and O–H groups in total. The van der Waals surface area contributed by atoms with Crippen molar-refractivity contribution in [2.75, 3.05) is 11.9 Å². The molecule has 6 nitrogen and oxygen atoms in total. The maximum atomic E-state index is 13.0. The summed E-state index contributed by atoms with van der Waals surface area (Å²) in [6.07, 6.45) is 2.96. The summed E-state index contributed by atoms with van der Waals surface area (Å²) in [5.74, 6) is 0.434. The van der Waals surface area contributed by atoms with E-state index in [0.29, 0.717) is 18.2 Å². The molecule has 1 saturated heterocycles. The van der Waals surface area contributed by atoms with Gasteiger partial charge in [-0.15, -0.1) is 0 Å². The van der Waals surface area contributed by atoms with Crippen LogP contribution in [-0.2, 0) is 9.53 Å². The van der Waals surface area contributed by atoms with Crippen LogP contribution in [0.5, 0.6) is 0 Å². The van der Waals surface area contributed by atoms with Crippen LogP contribution in [0.2, 0.25) is 0 Å². The Morgan fingerprint density at radius 1 is 1.35 bits per heavy atom. The second kappa shape index (κ2) is 4.32. The Labute approximate surface area is 134 Å². The number of nitrogens with one attached hydrogen (secondary N) is 1. The van der Waals surface area contributed by atoms with E-state index in [1.807, 2.05) is 0 Å². The van der Waals surface area contributed by atoms with Crippen LogP contribution in [0.3, 0.4) is 0 Å². The van der Waals surface area contributed by atoms with Gasteiger partial charge in [-0.1, -0.05) is 13.8 Å². The molecule has 0 unspecified atom stereocenters. The van der Waals surface area contributed by atoms with E-state index in [1.165, 1.54) is 18.6 Å². The Morgan fingerprint density at radius 2 is 2.04 bits per heavy atom. The number of rotatable bonds is 3. The summed E-state index contributed by atoms with van der Waals surface area (Å²) >= 11 is 0. The predicted octanol–water partition coefficient (Wildman–Crippen LogP) is 3.13. The lowest BCUT2D eigenvalue weighted by Gasteiger charge is -2.39. The summed E-state index contributed by atoms with van der Waals surface area (Å²) in [4.78, 5) is 23.2. The second-order valence-corrected chi connectivity index (χ2v) is 7.56. The Bertz CT molecular complexity index is 703. The number of ether oxygens (including phenoxy) is 1. The monoisotopic (exact) mass is 316 g/mol. The van der Waals surface area contributed by atoms with Gasteiger partial charge >= 0.3 is 0 Å². The van der Waals surface area contributed by atoms with Crippen molar-refractivity contribution in [2.24, 2.45) is 16.7 Å². The zero-order valence-corrected chi connectivity index (χ0v) is 13.3. The highest BCUT2D eigenvalue weighted by molar-refractivity contribution is 5.99. The molecule has 23 heavy (non-hydrogen) atoms. The minimum atomic E-state index is -0.757. The van der Waals surface area contributed by atoms with Gasteiger partial charge in [0.2, 0.25) is 0 Å². The van der Waals surface area contributed by atoms with Gasteiger partial charge in [0.25, 0.3) is 11.6 Å². The van der Waals surface area contributed by atoms with Crippen LogP contribution >= 0.6 is 0 Å². The van der Waals surface area contributed by atoms with Crippen molar-refractivity contribution in [1.82, 2.24) is 0 Å². The zero-order chi connectivity index (χ0) is 16.5. The third kappa shape index (κ3) is 1.59. The Kier molecular flexibility index (Phi) is 2.75. The number of anilines is 1. The second-order valence-electron chi connectivity index (χ2n) is 7.56. The van der Waals surface area contributed by atoms with Crippen LogP contribution in [0.25, 0.3) is 0 Å². The van der Waals surface area contributed by atoms with Gasteiger partial charge in [0.15, 0.2) is 5.60 Å². The van der Waals surface area contributed by atoms with Crippen molar-refractivity contribution in [3.8, 4) is 0 Å². The smallest absolute Gasteiger partial charge is 0.269 e. The number of hydrogen-bond donors (Lipinski definition) is 1. The molecule has 2 aliphatic carbocycles. The number of carbonyl (C=O) groups excluding carboxylic acids is 1. The number of carbonyl (C=O) groups is 1. The van der Waals surface area contributed by atoms with Crippen LogP contribution in [0.15, 0.2) is 24.3 Å². The van der Waals surface area contributed by atoms with Crippen molar-refractivity contribution in [2.45, 2.75) is 38.7 Å². The summed E-state index contributed by atoms with van der Waals surface area (Å²) in [7, 11) is 0. The average molecular weight is 316 g/mol. The molecule has 1 heterocycles. The molecule has 2 saturated carbocycles. The molecule has 1 aliphatic heterocycles. The zero-order valence-electron chi connectivity index (χ0n) is 13.3. The summed E-state index contributed by atoms with van der Waals surface area (Å²) < 4.78 is 6.06. The van der Waals surface area contributed by atoms with Crippen LogP contribution in [-0.4, -0.2) is 23.0 Å². The minimum absolute atomic E-state index is 0.0118. The molecule has 122 valence electrons. The molecule has 1 aromatic carbocycles. The number of benzene rings is 1. The van der Waals surface area contributed by atoms with Crippen molar-refractivity contribution in [3.63, 3.8) is 0 Å². The lowest BCUT2D eigenvalue weighted by atomic mass is 9.66. The summed E-state index contributed by atoms with van der Waals surface area (Å²) in [5.41, 5.74) is -0.224. The van der Waals surface area contributed by atoms with Gasteiger partial charge < -0.3 is 10.1 Å². The average Bonchev–Trinajstić information content (AvgIpc) is 2.99. The predicted molar refractivity (Wildman–Crippen MR) is 84.0 cm³/mol. The largest absolute Gasteiger partial charge is 0.364 e. The molecule has 0 spiro atoms. The quantitative estimate of drug-likeness (QED) is 0.686. The van der Waals surface area contributed by atoms with Crippen molar-refractivity contribution < 1.29 is 14.5 Å². The van der Waals surface area contributed by atoms with E-state index >= 15 is 0 Å². The van der Waals surface area contributed by atoms with Crippen molar-refractivity contribution in [1.29, 1.82) is 0 Å². The number of nitro benzene ring substituents is 1. The number of amides is 1. The third-order valence-corrected chi connectivity index (χ3v) is 6.90. The van der Waals surface area contributed by atoms with Gasteiger partial charge in [0.05, 0.1) is 11.5 Å². The molecule has 1 amide bonds. The Balaban J connectivity index is 1.60. The van der Waals surface area contributed by atoms with E-state index in [9.17, 15) is 14.9 Å². The normalized spacial score (nSPS) is 40.3. The molecular weight excluding hydrogens is 296 g/mol. The third-order valence-electron chi connectivity index (χ3n) is 6.90. The maximum Gasteiger partial charge on any atom is 0.269 e. The van der Waals surface area contributed by atoms with Gasteiger partial charge in [-0.05, 0) is 37.3 Å². The topological polar surface area (TPSA) is 81.5 Å². The van der Waals surface area contributed by atoms with E-state index in [1.54, 1.807) is 12.1 Å². The van der Waals surface area contributed by atoms with Crippen LogP contribution in [0.4, 0.5) is 11.4 Å². The molecule has 3 fully saturated rings. The Hall–Kier alpha value is -1.95. The maximum absolute atomic E-state index is 13.0. The first kappa shape index (κ1) is 14.6. The van der Waals surface area contributed by atoms with E-state index in [-0.39, 0.29) is 22.4 Å². The fourth-order valence-electron chi connectivity index (χ4n) is 5.16. The molecule has 4 rings (SSSR count). The van der Waals surface area contributed by atoms with Crippen molar-refractivity contribution >= 4 is 17.3 Å². The first-order valence-electron chi connectivity index (χ1n) is 8.02. The molecule has 3 aliphatic rings. The summed E-state index contributed by atoms with van der Waals surface area (Å²) in [6.45, 7) is 5.07. The van der Waals surface area contributed by atoms with Gasteiger partial charge in [0, 0.05) is 28.7 Å². The van der Waals surface area contributed by atoms with E-state index in [4.69, 9.17) is 4.74 Å². The van der Waals surface area contributed by atoms with Gasteiger partial charge in [0.1, 0.15) is 0 Å². The molecule has 4 bridgehead atoms. The van der Waals surface area contributed by atoms with Crippen LogP contribution in [0.1, 0.15) is 33.1 Å². The highest BCUT2D eigenvalue weighted by Gasteiger charge is 2.78. The van der Waals surface area contributed by atoms with Gasteiger partial charge in [-0.3, -0.25) is 14.9 Å². The number of nitro groups is 1. The minimum Gasteiger partial charge on any atom is -0.364 e. The highest BCUT2D eigenvalue weighted by Crippen LogP contribution is 2.75. The fourth-order valence-corrected chi connectivity index (χ4v) is 5.16. The van der Waals surface area contributed by atoms with Crippen LogP contribution < -0.4 is 5.32 Å². The first-order valence-corrected chi connectivity index (χ1v) is 8.02. The standard InChI is InChI=1S/C17H20N2O4/c1-15-10-23-17(9-11(15)7-8-16(15,17)2)14(20)18-12-3-5-13(6-4-12)19(21)22/h3-6,11H,7-10H2,1-2H3,(H,18,20)/t11-,15-,16-,17-/m0/s1. The molecule has 1 aromatic rings. The van der Waals surface area contributed by atoms with Crippen LogP contribution in [0, 0.1) is 26.9 Å². The molecule has 0 radical (unpaired) electrons. The molecule has 4 atom stereocenters. The summed E-state index contributed by atoms with van der Waals surface area (Å²) in [6, 6.07) is 5.93. The SMILES string of the molecule is C[C@@]12CC[C@H]3C[C@@]1(C(=O)Nc1ccc([N+](=O)[O-])cc1)OC[C@@]32C. The van der Waals surface area contributed by atoms with E-state index in [2.05, 4.69) is 19.2 Å². The first-order chi connectivity index (χ1) is 10.8. The Morgan fingerprint density at radius 3 is 2.61 bits per heavy atom. The number of nitrogens with zero attached hydrogens (tertiary/aromatic N) is 1. The number of non-ortho nitro benzene ring substituents is 1. The van der Waals surface area contributed by atoms with Gasteiger partial charge in [-0.2, -0.15) is 0 Å². The molecular formula is C17H20N2O4. The lowest BCUT2D eigenvalue weighted by molar-refractivity contribution is -0.384. The van der Waals surface area contributed by atoms with E-state index in [0.717, 1.165) is 12.8 Å². The van der Waals surface area contributed by atoms with E-state index < -0.39 is 10.5 Å².